The number of aryl methyl sites for hydroxylation is 1. The summed E-state index contributed by atoms with van der Waals surface area (Å²) in [6.45, 7) is 3.12. The molecule has 2 aliphatic rings. The van der Waals surface area contributed by atoms with Gasteiger partial charge in [0.1, 0.15) is 23.3 Å². The van der Waals surface area contributed by atoms with Crippen molar-refractivity contribution in [1.29, 1.82) is 5.26 Å². The van der Waals surface area contributed by atoms with Crippen molar-refractivity contribution in [2.24, 2.45) is 17.8 Å². The van der Waals surface area contributed by atoms with E-state index in [1.165, 1.54) is 89.2 Å². The van der Waals surface area contributed by atoms with E-state index >= 15 is 0 Å². The molecule has 0 aromatic heterocycles. The first-order valence-electron chi connectivity index (χ1n) is 13.2. The lowest BCUT2D eigenvalue weighted by atomic mass is 9.79. The fourth-order valence-electron chi connectivity index (χ4n) is 5.53. The molecule has 0 radical (unpaired) electrons. The van der Waals surface area contributed by atoms with Crippen LogP contribution < -0.4 is 0 Å². The molecule has 0 heterocycles. The molecule has 1 aromatic carbocycles. The molecule has 0 atom stereocenters. The standard InChI is InChI=1S/C29H41F2NO/c1-2-3-4-5-6-7-22-14-16-26(17-15-22)33-21-24-11-8-23(9-12-24)10-13-25-18-28(30)27(20-32)29(31)19-25/h4-5,18-19,22-24,26H,2-3,6-17,21H2,1H3/b5-4+. The second-order valence-corrected chi connectivity index (χ2v) is 10.3. The smallest absolute Gasteiger partial charge is 0.144 e. The van der Waals surface area contributed by atoms with E-state index in [9.17, 15) is 8.78 Å². The van der Waals surface area contributed by atoms with E-state index in [0.29, 0.717) is 29.9 Å². The van der Waals surface area contributed by atoms with Crippen LogP contribution in [0.5, 0.6) is 0 Å². The van der Waals surface area contributed by atoms with Crippen molar-refractivity contribution < 1.29 is 13.5 Å². The molecule has 182 valence electrons. The second kappa shape index (κ2) is 13.9. The zero-order chi connectivity index (χ0) is 23.5. The largest absolute Gasteiger partial charge is 0.378 e. The van der Waals surface area contributed by atoms with Crippen LogP contribution in [-0.4, -0.2) is 12.7 Å². The number of allylic oxidation sites excluding steroid dienone is 2. The molecule has 4 heteroatoms. The van der Waals surface area contributed by atoms with Crippen molar-refractivity contribution in [1.82, 2.24) is 0 Å². The Hall–Kier alpha value is -1.73. The maximum atomic E-state index is 13.8. The fraction of sp³-hybridized carbons (Fsp3) is 0.690. The highest BCUT2D eigenvalue weighted by atomic mass is 19.1. The molecule has 0 spiro atoms. The SMILES string of the molecule is CCC/C=C/CCC1CCC(OCC2CCC(CCc3cc(F)c(C#N)c(F)c3)CC2)CC1. The molecular weight excluding hydrogens is 416 g/mol. The number of ether oxygens (including phenoxy) is 1. The van der Waals surface area contributed by atoms with Crippen LogP contribution in [0.4, 0.5) is 8.78 Å². The van der Waals surface area contributed by atoms with Gasteiger partial charge in [-0.25, -0.2) is 8.78 Å². The van der Waals surface area contributed by atoms with Gasteiger partial charge < -0.3 is 4.74 Å². The summed E-state index contributed by atoms with van der Waals surface area (Å²) >= 11 is 0. The Morgan fingerprint density at radius 3 is 2.09 bits per heavy atom. The quantitative estimate of drug-likeness (QED) is 0.313. The van der Waals surface area contributed by atoms with Crippen LogP contribution in [0.3, 0.4) is 0 Å². The van der Waals surface area contributed by atoms with Crippen LogP contribution in [0.1, 0.15) is 102 Å². The number of nitrogens with zero attached hydrogens (tertiary/aromatic N) is 1. The predicted octanol–water partition coefficient (Wildman–Crippen LogP) is 8.29. The molecule has 33 heavy (non-hydrogen) atoms. The molecule has 1 aromatic rings. The summed E-state index contributed by atoms with van der Waals surface area (Å²) in [6, 6.07) is 4.23. The molecule has 2 fully saturated rings. The third kappa shape index (κ3) is 8.53. The topological polar surface area (TPSA) is 33.0 Å². The summed E-state index contributed by atoms with van der Waals surface area (Å²) in [5.41, 5.74) is 0.175. The van der Waals surface area contributed by atoms with Gasteiger partial charge in [-0.15, -0.1) is 0 Å². The monoisotopic (exact) mass is 457 g/mol. The number of hydrogen-bond donors (Lipinski definition) is 0. The van der Waals surface area contributed by atoms with Crippen LogP contribution >= 0.6 is 0 Å². The first-order chi connectivity index (χ1) is 16.1. The van der Waals surface area contributed by atoms with Gasteiger partial charge in [0, 0.05) is 6.61 Å². The van der Waals surface area contributed by atoms with Gasteiger partial charge in [0.25, 0.3) is 0 Å². The molecule has 2 nitrogen and oxygen atoms in total. The molecule has 0 N–H and O–H groups in total. The number of benzene rings is 1. The van der Waals surface area contributed by atoms with Crippen molar-refractivity contribution in [2.75, 3.05) is 6.61 Å². The van der Waals surface area contributed by atoms with E-state index in [1.54, 1.807) is 6.07 Å². The fourth-order valence-corrected chi connectivity index (χ4v) is 5.53. The Labute approximate surface area is 199 Å². The van der Waals surface area contributed by atoms with Crippen molar-refractivity contribution in [3.05, 3.63) is 47.0 Å². The van der Waals surface area contributed by atoms with E-state index < -0.39 is 17.2 Å². The number of halogens is 2. The summed E-state index contributed by atoms with van der Waals surface area (Å²) in [4.78, 5) is 0. The highest BCUT2D eigenvalue weighted by Gasteiger charge is 2.25. The highest BCUT2D eigenvalue weighted by Crippen LogP contribution is 2.34. The number of hydrogen-bond acceptors (Lipinski definition) is 2. The molecule has 2 saturated carbocycles. The maximum Gasteiger partial charge on any atom is 0.144 e. The van der Waals surface area contributed by atoms with E-state index in [4.69, 9.17) is 10.00 Å². The van der Waals surface area contributed by atoms with Gasteiger partial charge in [-0.1, -0.05) is 38.3 Å². The van der Waals surface area contributed by atoms with Gasteiger partial charge in [0.05, 0.1) is 6.10 Å². The van der Waals surface area contributed by atoms with Crippen LogP contribution in [0.25, 0.3) is 0 Å². The Kier molecular flexibility index (Phi) is 10.9. The summed E-state index contributed by atoms with van der Waals surface area (Å²) in [7, 11) is 0. The van der Waals surface area contributed by atoms with Gasteiger partial charge >= 0.3 is 0 Å². The van der Waals surface area contributed by atoms with E-state index in [-0.39, 0.29) is 0 Å². The van der Waals surface area contributed by atoms with Gasteiger partial charge in [0.15, 0.2) is 0 Å². The average molecular weight is 458 g/mol. The molecular formula is C29H41F2NO. The van der Waals surface area contributed by atoms with Crippen LogP contribution in [0.15, 0.2) is 24.3 Å². The van der Waals surface area contributed by atoms with E-state index in [1.807, 2.05) is 0 Å². The summed E-state index contributed by atoms with van der Waals surface area (Å²) < 4.78 is 33.9. The lowest BCUT2D eigenvalue weighted by Gasteiger charge is -2.32. The van der Waals surface area contributed by atoms with Crippen molar-refractivity contribution in [2.45, 2.75) is 103 Å². The number of rotatable bonds is 11. The molecule has 2 aliphatic carbocycles. The molecule has 0 amide bonds. The first-order valence-corrected chi connectivity index (χ1v) is 13.2. The minimum atomic E-state index is -0.744. The Morgan fingerprint density at radius 2 is 1.45 bits per heavy atom. The summed E-state index contributed by atoms with van der Waals surface area (Å²) in [5.74, 6) is 0.666. The van der Waals surface area contributed by atoms with Crippen molar-refractivity contribution >= 4 is 0 Å². The predicted molar refractivity (Wildman–Crippen MR) is 130 cm³/mol. The molecule has 0 unspecified atom stereocenters. The molecule has 0 saturated heterocycles. The number of unbranched alkanes of at least 4 members (excludes halogenated alkanes) is 1. The van der Waals surface area contributed by atoms with Crippen molar-refractivity contribution in [3.63, 3.8) is 0 Å². The first kappa shape index (κ1) is 25.9. The van der Waals surface area contributed by atoms with Gasteiger partial charge in [-0.05, 0) is 106 Å². The van der Waals surface area contributed by atoms with Gasteiger partial charge in [-0.3, -0.25) is 0 Å². The highest BCUT2D eigenvalue weighted by molar-refractivity contribution is 5.35. The third-order valence-electron chi connectivity index (χ3n) is 7.75. The summed E-state index contributed by atoms with van der Waals surface area (Å²) in [6.07, 6.45) is 21.6. The zero-order valence-corrected chi connectivity index (χ0v) is 20.3. The van der Waals surface area contributed by atoms with Gasteiger partial charge in [-0.2, -0.15) is 5.26 Å². The lowest BCUT2D eigenvalue weighted by Crippen LogP contribution is -2.26. The number of nitriles is 1. The third-order valence-corrected chi connectivity index (χ3v) is 7.75. The Bertz CT molecular complexity index is 760. The molecule has 0 bridgehead atoms. The second-order valence-electron chi connectivity index (χ2n) is 10.3. The van der Waals surface area contributed by atoms with E-state index in [2.05, 4.69) is 19.1 Å². The van der Waals surface area contributed by atoms with Crippen LogP contribution in [0, 0.1) is 40.7 Å². The van der Waals surface area contributed by atoms with E-state index in [0.717, 1.165) is 18.9 Å². The normalized spacial score (nSPS) is 25.9. The minimum Gasteiger partial charge on any atom is -0.378 e. The van der Waals surface area contributed by atoms with Gasteiger partial charge in [0.2, 0.25) is 0 Å². The average Bonchev–Trinajstić information content (AvgIpc) is 2.82. The molecule has 3 rings (SSSR count). The van der Waals surface area contributed by atoms with Crippen molar-refractivity contribution in [3.8, 4) is 6.07 Å². The summed E-state index contributed by atoms with van der Waals surface area (Å²) in [5, 5.41) is 8.80. The molecule has 0 aliphatic heterocycles. The lowest BCUT2D eigenvalue weighted by molar-refractivity contribution is -0.0101. The Balaban J connectivity index is 1.27. The van der Waals surface area contributed by atoms with Crippen LogP contribution in [-0.2, 0) is 11.2 Å². The maximum absolute atomic E-state index is 13.8. The Morgan fingerprint density at radius 1 is 0.879 bits per heavy atom. The zero-order valence-electron chi connectivity index (χ0n) is 20.3. The minimum absolute atomic E-state index is 0.454. The van der Waals surface area contributed by atoms with Crippen LogP contribution in [0.2, 0.25) is 0 Å².